The van der Waals surface area contributed by atoms with Crippen LogP contribution in [0.15, 0.2) is 23.3 Å². The SMILES string of the molecule is O=c1[nH]c2nccc-2cn1I. The Morgan fingerprint density at radius 2 is 2.45 bits per heavy atom. The highest BCUT2D eigenvalue weighted by Gasteiger charge is 2.04. The zero-order chi connectivity index (χ0) is 7.84. The fourth-order valence-electron chi connectivity index (χ4n) is 0.890. The van der Waals surface area contributed by atoms with Gasteiger partial charge in [-0.3, -0.25) is 4.98 Å². The molecule has 4 nitrogen and oxygen atoms in total. The monoisotopic (exact) mass is 261 g/mol. The number of H-pyrrole nitrogens is 1. The second-order valence-electron chi connectivity index (χ2n) is 2.12. The maximum Gasteiger partial charge on any atom is 0.335 e. The maximum absolute atomic E-state index is 11.0. The van der Waals surface area contributed by atoms with Gasteiger partial charge in [0.1, 0.15) is 5.82 Å². The van der Waals surface area contributed by atoms with Gasteiger partial charge in [-0.1, -0.05) is 0 Å². The van der Waals surface area contributed by atoms with Crippen LogP contribution in [0, 0.1) is 0 Å². The molecule has 0 bridgehead atoms. The largest absolute Gasteiger partial charge is 0.335 e. The first kappa shape index (κ1) is 6.84. The van der Waals surface area contributed by atoms with E-state index in [0.29, 0.717) is 5.82 Å². The third-order valence-corrected chi connectivity index (χ3v) is 2.12. The van der Waals surface area contributed by atoms with Gasteiger partial charge in [-0.25, -0.2) is 12.6 Å². The van der Waals surface area contributed by atoms with Crippen LogP contribution in [0.5, 0.6) is 0 Å². The summed E-state index contributed by atoms with van der Waals surface area (Å²) in [5, 5.41) is 0. The average molecular weight is 261 g/mol. The average Bonchev–Trinajstić information content (AvgIpc) is 2.36. The van der Waals surface area contributed by atoms with Gasteiger partial charge in [0.25, 0.3) is 0 Å². The molecule has 0 aliphatic carbocycles. The molecule has 1 N–H and O–H groups in total. The fourth-order valence-corrected chi connectivity index (χ4v) is 1.31. The minimum Gasteiger partial charge on any atom is -0.291 e. The molecule has 0 aromatic rings. The lowest BCUT2D eigenvalue weighted by molar-refractivity contribution is 1.04. The maximum atomic E-state index is 11.0. The fraction of sp³-hybridized carbons (Fsp3) is 0. The van der Waals surface area contributed by atoms with E-state index in [-0.39, 0.29) is 5.69 Å². The van der Waals surface area contributed by atoms with E-state index in [1.165, 1.54) is 2.78 Å². The van der Waals surface area contributed by atoms with Crippen molar-refractivity contribution in [3.63, 3.8) is 0 Å². The number of hydrogen-bond donors (Lipinski definition) is 1. The predicted octanol–water partition coefficient (Wildman–Crippen LogP) is 0.874. The van der Waals surface area contributed by atoms with E-state index in [1.54, 1.807) is 12.4 Å². The van der Waals surface area contributed by atoms with Gasteiger partial charge in [-0.2, -0.15) is 0 Å². The van der Waals surface area contributed by atoms with Gasteiger partial charge in [-0.05, 0) is 6.07 Å². The molecule has 0 saturated heterocycles. The first-order valence-corrected chi connectivity index (χ1v) is 3.96. The zero-order valence-electron chi connectivity index (χ0n) is 5.41. The highest BCUT2D eigenvalue weighted by atomic mass is 127. The highest BCUT2D eigenvalue weighted by molar-refractivity contribution is 14.1. The number of nitrogens with zero attached hydrogens (tertiary/aromatic N) is 2. The van der Waals surface area contributed by atoms with Crippen LogP contribution in [0.4, 0.5) is 0 Å². The molecule has 0 saturated carbocycles. The van der Waals surface area contributed by atoms with E-state index in [2.05, 4.69) is 9.97 Å². The number of hydrogen-bond acceptors (Lipinski definition) is 2. The molecular formula is C6H4IN3O. The van der Waals surface area contributed by atoms with Crippen LogP contribution in [0.1, 0.15) is 0 Å². The van der Waals surface area contributed by atoms with Gasteiger partial charge >= 0.3 is 5.69 Å². The van der Waals surface area contributed by atoms with E-state index >= 15 is 0 Å². The van der Waals surface area contributed by atoms with Crippen molar-refractivity contribution < 1.29 is 0 Å². The third kappa shape index (κ3) is 1.05. The summed E-state index contributed by atoms with van der Waals surface area (Å²) < 4.78 is 1.46. The normalized spacial score (nSPS) is 10.6. The van der Waals surface area contributed by atoms with Crippen molar-refractivity contribution in [2.75, 3.05) is 0 Å². The van der Waals surface area contributed by atoms with Gasteiger partial charge < -0.3 is 0 Å². The molecule has 11 heavy (non-hydrogen) atoms. The van der Waals surface area contributed by atoms with Crippen LogP contribution in [0.3, 0.4) is 0 Å². The summed E-state index contributed by atoms with van der Waals surface area (Å²) in [4.78, 5) is 17.6. The van der Waals surface area contributed by atoms with E-state index in [1.807, 2.05) is 28.9 Å². The van der Waals surface area contributed by atoms with E-state index in [0.717, 1.165) is 5.56 Å². The number of fused-ring (bicyclic) bond motifs is 1. The second kappa shape index (κ2) is 2.33. The molecule has 0 atom stereocenters. The van der Waals surface area contributed by atoms with E-state index in [4.69, 9.17) is 0 Å². The van der Waals surface area contributed by atoms with Gasteiger partial charge in [0.05, 0.1) is 22.9 Å². The molecule has 56 valence electrons. The van der Waals surface area contributed by atoms with E-state index in [9.17, 15) is 4.79 Å². The van der Waals surface area contributed by atoms with Gasteiger partial charge in [-0.15, -0.1) is 0 Å². The van der Waals surface area contributed by atoms with Crippen LogP contribution in [-0.2, 0) is 0 Å². The van der Waals surface area contributed by atoms with Crippen molar-refractivity contribution in [2.45, 2.75) is 0 Å². The van der Waals surface area contributed by atoms with Gasteiger partial charge in [0.15, 0.2) is 0 Å². The van der Waals surface area contributed by atoms with Crippen molar-refractivity contribution >= 4 is 22.9 Å². The summed E-state index contributed by atoms with van der Waals surface area (Å²) in [6.45, 7) is 0. The quantitative estimate of drug-likeness (QED) is 0.715. The second-order valence-corrected chi connectivity index (χ2v) is 3.16. The predicted molar refractivity (Wildman–Crippen MR) is 48.9 cm³/mol. The molecule has 2 heterocycles. The molecule has 0 radical (unpaired) electrons. The Labute approximate surface area is 76.1 Å². The lowest BCUT2D eigenvalue weighted by Crippen LogP contribution is -2.16. The number of aromatic amines is 1. The number of nitrogens with one attached hydrogen (secondary N) is 1. The molecular weight excluding hydrogens is 257 g/mol. The Kier molecular flexibility index (Phi) is 1.45. The molecule has 0 aromatic carbocycles. The van der Waals surface area contributed by atoms with Crippen LogP contribution < -0.4 is 5.69 Å². The van der Waals surface area contributed by atoms with Gasteiger partial charge in [0.2, 0.25) is 0 Å². The number of aromatic nitrogens is 3. The zero-order valence-corrected chi connectivity index (χ0v) is 7.57. The van der Waals surface area contributed by atoms with Gasteiger partial charge in [0, 0.05) is 18.0 Å². The molecule has 5 heteroatoms. The Balaban J connectivity index is 2.88. The van der Waals surface area contributed by atoms with E-state index < -0.39 is 0 Å². The Bertz CT molecular complexity index is 405. The summed E-state index contributed by atoms with van der Waals surface area (Å²) >= 11 is 1.92. The van der Waals surface area contributed by atoms with Crippen molar-refractivity contribution in [3.8, 4) is 11.4 Å². The molecule has 0 unspecified atom stereocenters. The first-order valence-electron chi connectivity index (χ1n) is 3.00. The highest BCUT2D eigenvalue weighted by Crippen LogP contribution is 2.13. The Morgan fingerprint density at radius 1 is 1.64 bits per heavy atom. The summed E-state index contributed by atoms with van der Waals surface area (Å²) in [6.07, 6.45) is 3.40. The van der Waals surface area contributed by atoms with Crippen molar-refractivity contribution in [1.29, 1.82) is 0 Å². The van der Waals surface area contributed by atoms with Crippen molar-refractivity contribution in [1.82, 2.24) is 12.7 Å². The molecule has 2 aliphatic rings. The molecule has 0 aromatic heterocycles. The van der Waals surface area contributed by atoms with Crippen LogP contribution in [-0.4, -0.2) is 12.7 Å². The lowest BCUT2D eigenvalue weighted by atomic mass is 10.3. The summed E-state index contributed by atoms with van der Waals surface area (Å²) in [7, 11) is 0. The minimum absolute atomic E-state index is 0.156. The standard InChI is InChI=1S/C6H4IN3O/c7-10-3-4-1-2-8-5(4)9-6(10)11/h1-3H,(H,8,9,11). The Morgan fingerprint density at radius 3 is 3.27 bits per heavy atom. The summed E-state index contributed by atoms with van der Waals surface area (Å²) in [6, 6.07) is 1.85. The minimum atomic E-state index is -0.156. The smallest absolute Gasteiger partial charge is 0.291 e. The molecule has 0 fully saturated rings. The number of halogens is 1. The molecule has 0 amide bonds. The number of rotatable bonds is 0. The first-order chi connectivity index (χ1) is 5.27. The van der Waals surface area contributed by atoms with Crippen LogP contribution >= 0.6 is 22.9 Å². The summed E-state index contributed by atoms with van der Waals surface area (Å²) in [5.41, 5.74) is 0.788. The molecule has 2 rings (SSSR count). The van der Waals surface area contributed by atoms with Crippen LogP contribution in [0.25, 0.3) is 11.4 Å². The molecule has 2 aliphatic heterocycles. The third-order valence-electron chi connectivity index (χ3n) is 1.40. The van der Waals surface area contributed by atoms with Crippen molar-refractivity contribution in [3.05, 3.63) is 28.9 Å². The topological polar surface area (TPSA) is 50.7 Å². The van der Waals surface area contributed by atoms with Crippen molar-refractivity contribution in [2.24, 2.45) is 0 Å². The lowest BCUT2D eigenvalue weighted by Gasteiger charge is -1.97. The summed E-state index contributed by atoms with van der Waals surface area (Å²) in [5.74, 6) is 0.642. The molecule has 0 spiro atoms. The van der Waals surface area contributed by atoms with Crippen LogP contribution in [0.2, 0.25) is 0 Å². The Hall–Kier alpha value is -0.850.